The monoisotopic (exact) mass is 296 g/mol. The van der Waals surface area contributed by atoms with E-state index in [0.29, 0.717) is 24.2 Å². The van der Waals surface area contributed by atoms with Crippen LogP contribution in [0.5, 0.6) is 17.2 Å². The summed E-state index contributed by atoms with van der Waals surface area (Å²) in [5, 5.41) is 18.7. The second kappa shape index (κ2) is 7.52. The summed E-state index contributed by atoms with van der Waals surface area (Å²) in [5.41, 5.74) is 0.788. The minimum atomic E-state index is -0.882. The lowest BCUT2D eigenvalue weighted by molar-refractivity contribution is -0.137. The molecule has 6 nitrogen and oxygen atoms in total. The van der Waals surface area contributed by atoms with Crippen molar-refractivity contribution in [3.05, 3.63) is 17.2 Å². The van der Waals surface area contributed by atoms with E-state index in [9.17, 15) is 14.7 Å². The quantitative estimate of drug-likeness (QED) is 0.565. The molecule has 0 saturated heterocycles. The Hall–Kier alpha value is -2.24. The third-order valence-corrected chi connectivity index (χ3v) is 3.16. The zero-order valence-corrected chi connectivity index (χ0v) is 12.4. The molecule has 0 aliphatic heterocycles. The SMILES string of the molecule is COc1cc(C)c(C(=O)CCCCC(=O)O)c(O)c1OC. The van der Waals surface area contributed by atoms with Crippen molar-refractivity contribution in [1.29, 1.82) is 0 Å². The number of phenolic OH excluding ortho intramolecular Hbond substituents is 1. The summed E-state index contributed by atoms with van der Waals surface area (Å²) in [7, 11) is 2.83. The molecule has 0 unspecified atom stereocenters. The summed E-state index contributed by atoms with van der Waals surface area (Å²) in [6.07, 6.45) is 1.09. The lowest BCUT2D eigenvalue weighted by atomic mass is 9.98. The highest BCUT2D eigenvalue weighted by atomic mass is 16.5. The van der Waals surface area contributed by atoms with Crippen LogP contribution in [-0.2, 0) is 4.79 Å². The molecule has 0 saturated carbocycles. The number of carboxylic acid groups (broad SMARTS) is 1. The molecular weight excluding hydrogens is 276 g/mol. The van der Waals surface area contributed by atoms with Gasteiger partial charge in [-0.25, -0.2) is 0 Å². The van der Waals surface area contributed by atoms with Gasteiger partial charge in [-0.3, -0.25) is 9.59 Å². The summed E-state index contributed by atoms with van der Waals surface area (Å²) in [6.45, 7) is 1.70. The normalized spacial score (nSPS) is 10.2. The van der Waals surface area contributed by atoms with Gasteiger partial charge in [0.25, 0.3) is 0 Å². The molecule has 0 aromatic heterocycles. The maximum absolute atomic E-state index is 12.2. The maximum Gasteiger partial charge on any atom is 0.303 e. The van der Waals surface area contributed by atoms with E-state index in [-0.39, 0.29) is 35.7 Å². The van der Waals surface area contributed by atoms with Crippen molar-refractivity contribution in [3.8, 4) is 17.2 Å². The number of unbranched alkanes of at least 4 members (excludes halogenated alkanes) is 1. The van der Waals surface area contributed by atoms with Crippen LogP contribution < -0.4 is 9.47 Å². The Morgan fingerprint density at radius 2 is 1.76 bits per heavy atom. The van der Waals surface area contributed by atoms with Crippen molar-refractivity contribution < 1.29 is 29.3 Å². The molecule has 1 aromatic rings. The molecule has 0 fully saturated rings. The van der Waals surface area contributed by atoms with E-state index in [0.717, 1.165) is 0 Å². The molecule has 0 amide bonds. The number of aryl methyl sites for hydroxylation is 1. The summed E-state index contributed by atoms with van der Waals surface area (Å²) in [5.74, 6) is -0.881. The summed E-state index contributed by atoms with van der Waals surface area (Å²) < 4.78 is 10.2. The molecular formula is C15H20O6. The average molecular weight is 296 g/mol. The Morgan fingerprint density at radius 3 is 2.29 bits per heavy atom. The summed E-state index contributed by atoms with van der Waals surface area (Å²) in [4.78, 5) is 22.6. The predicted molar refractivity (Wildman–Crippen MR) is 76.4 cm³/mol. The Kier molecular flexibility index (Phi) is 6.02. The standard InChI is InChI=1S/C15H20O6/c1-9-8-11(20-2)15(21-3)14(19)13(9)10(16)6-4-5-7-12(17)18/h8,19H,4-7H2,1-3H3,(H,17,18). The van der Waals surface area contributed by atoms with E-state index in [1.54, 1.807) is 13.0 Å². The van der Waals surface area contributed by atoms with E-state index in [2.05, 4.69) is 0 Å². The fourth-order valence-electron chi connectivity index (χ4n) is 2.14. The first-order valence-electron chi connectivity index (χ1n) is 6.61. The Labute approximate surface area is 123 Å². The Morgan fingerprint density at radius 1 is 1.14 bits per heavy atom. The second-order valence-electron chi connectivity index (χ2n) is 4.68. The number of hydrogen-bond donors (Lipinski definition) is 2. The van der Waals surface area contributed by atoms with Gasteiger partial charge in [0, 0.05) is 12.8 Å². The Balaban J connectivity index is 2.91. The average Bonchev–Trinajstić information content (AvgIpc) is 2.42. The van der Waals surface area contributed by atoms with Crippen LogP contribution in [0.1, 0.15) is 41.6 Å². The van der Waals surface area contributed by atoms with Crippen LogP contribution in [-0.4, -0.2) is 36.2 Å². The molecule has 0 spiro atoms. The zero-order valence-electron chi connectivity index (χ0n) is 12.4. The molecule has 0 atom stereocenters. The van der Waals surface area contributed by atoms with Gasteiger partial charge in [0.05, 0.1) is 19.8 Å². The van der Waals surface area contributed by atoms with Gasteiger partial charge in [-0.05, 0) is 31.4 Å². The number of ether oxygens (including phenoxy) is 2. The fraction of sp³-hybridized carbons (Fsp3) is 0.467. The minimum Gasteiger partial charge on any atom is -0.504 e. The van der Waals surface area contributed by atoms with Crippen LogP contribution in [0.4, 0.5) is 0 Å². The van der Waals surface area contributed by atoms with E-state index in [4.69, 9.17) is 14.6 Å². The van der Waals surface area contributed by atoms with Crippen LogP contribution in [0, 0.1) is 6.92 Å². The topological polar surface area (TPSA) is 93.1 Å². The van der Waals surface area contributed by atoms with Crippen LogP contribution in [0.2, 0.25) is 0 Å². The minimum absolute atomic E-state index is 0.0319. The van der Waals surface area contributed by atoms with E-state index in [1.165, 1.54) is 14.2 Å². The predicted octanol–water partition coefficient (Wildman–Crippen LogP) is 2.55. The molecule has 0 aliphatic rings. The molecule has 6 heteroatoms. The first-order valence-corrected chi connectivity index (χ1v) is 6.61. The molecule has 0 radical (unpaired) electrons. The van der Waals surface area contributed by atoms with Crippen molar-refractivity contribution in [2.75, 3.05) is 14.2 Å². The van der Waals surface area contributed by atoms with Gasteiger partial charge in [0.2, 0.25) is 5.75 Å². The van der Waals surface area contributed by atoms with E-state index < -0.39 is 5.97 Å². The number of ketones is 1. The largest absolute Gasteiger partial charge is 0.504 e. The lowest BCUT2D eigenvalue weighted by Gasteiger charge is -2.14. The molecule has 116 valence electrons. The van der Waals surface area contributed by atoms with Crippen LogP contribution >= 0.6 is 0 Å². The number of Topliss-reactive ketones (excluding diaryl/α,β-unsaturated/α-hetero) is 1. The van der Waals surface area contributed by atoms with Gasteiger partial charge in [0.15, 0.2) is 17.3 Å². The number of methoxy groups -OCH3 is 2. The van der Waals surface area contributed by atoms with Crippen LogP contribution in [0.25, 0.3) is 0 Å². The van der Waals surface area contributed by atoms with Gasteiger partial charge >= 0.3 is 5.97 Å². The van der Waals surface area contributed by atoms with Crippen molar-refractivity contribution in [3.63, 3.8) is 0 Å². The number of aliphatic carboxylic acids is 1. The third kappa shape index (κ3) is 4.11. The molecule has 0 aliphatic carbocycles. The van der Waals surface area contributed by atoms with Gasteiger partial charge in [-0.1, -0.05) is 0 Å². The number of phenols is 1. The number of carbonyl (C=O) groups excluding carboxylic acids is 1. The number of carbonyl (C=O) groups is 2. The van der Waals surface area contributed by atoms with Gasteiger partial charge < -0.3 is 19.7 Å². The fourth-order valence-corrected chi connectivity index (χ4v) is 2.14. The van der Waals surface area contributed by atoms with E-state index in [1.807, 2.05) is 0 Å². The molecule has 0 bridgehead atoms. The lowest BCUT2D eigenvalue weighted by Crippen LogP contribution is -2.05. The van der Waals surface area contributed by atoms with Crippen molar-refractivity contribution in [1.82, 2.24) is 0 Å². The molecule has 1 aromatic carbocycles. The molecule has 21 heavy (non-hydrogen) atoms. The maximum atomic E-state index is 12.2. The van der Waals surface area contributed by atoms with Gasteiger partial charge in [0.1, 0.15) is 0 Å². The smallest absolute Gasteiger partial charge is 0.303 e. The second-order valence-corrected chi connectivity index (χ2v) is 4.68. The summed E-state index contributed by atoms with van der Waals surface area (Å²) in [6, 6.07) is 1.63. The zero-order chi connectivity index (χ0) is 16.0. The summed E-state index contributed by atoms with van der Waals surface area (Å²) >= 11 is 0. The Bertz CT molecular complexity index is 535. The van der Waals surface area contributed by atoms with Gasteiger partial charge in [-0.2, -0.15) is 0 Å². The van der Waals surface area contributed by atoms with Crippen molar-refractivity contribution >= 4 is 11.8 Å². The highest BCUT2D eigenvalue weighted by Crippen LogP contribution is 2.41. The molecule has 2 N–H and O–H groups in total. The number of hydrogen-bond acceptors (Lipinski definition) is 5. The first kappa shape index (κ1) is 16.8. The van der Waals surface area contributed by atoms with Crippen molar-refractivity contribution in [2.45, 2.75) is 32.6 Å². The third-order valence-electron chi connectivity index (χ3n) is 3.16. The molecule has 0 heterocycles. The first-order chi connectivity index (χ1) is 9.92. The number of carboxylic acids is 1. The van der Waals surface area contributed by atoms with Crippen molar-refractivity contribution in [2.24, 2.45) is 0 Å². The van der Waals surface area contributed by atoms with Crippen LogP contribution in [0.15, 0.2) is 6.07 Å². The number of aromatic hydroxyl groups is 1. The number of rotatable bonds is 8. The van der Waals surface area contributed by atoms with E-state index >= 15 is 0 Å². The highest BCUT2D eigenvalue weighted by molar-refractivity contribution is 6.01. The molecule has 1 rings (SSSR count). The highest BCUT2D eigenvalue weighted by Gasteiger charge is 2.21. The van der Waals surface area contributed by atoms with Crippen LogP contribution in [0.3, 0.4) is 0 Å². The number of benzene rings is 1. The van der Waals surface area contributed by atoms with Gasteiger partial charge in [-0.15, -0.1) is 0 Å².